The van der Waals surface area contributed by atoms with Crippen LogP contribution in [0.1, 0.15) is 26.7 Å². The van der Waals surface area contributed by atoms with E-state index in [1.807, 2.05) is 0 Å². The van der Waals surface area contributed by atoms with Crippen LogP contribution in [-0.4, -0.2) is 80.8 Å². The summed E-state index contributed by atoms with van der Waals surface area (Å²) in [7, 11) is -1.21. The molecule has 0 aromatic heterocycles. The maximum Gasteiger partial charge on any atom is 0.282 e. The highest BCUT2D eigenvalue weighted by Gasteiger charge is 2.35. The van der Waals surface area contributed by atoms with E-state index in [1.54, 1.807) is 8.61 Å². The molecular weight excluding hydrogens is 288 g/mol. The lowest BCUT2D eigenvalue weighted by atomic mass is 9.98. The van der Waals surface area contributed by atoms with Gasteiger partial charge in [-0.15, -0.1) is 0 Å². The third-order valence-electron chi connectivity index (χ3n) is 4.83. The fourth-order valence-electron chi connectivity index (χ4n) is 3.08. The molecule has 2 fully saturated rings. The quantitative estimate of drug-likeness (QED) is 0.786. The van der Waals surface area contributed by atoms with E-state index in [-0.39, 0.29) is 0 Å². The molecule has 21 heavy (non-hydrogen) atoms. The second kappa shape index (κ2) is 7.37. The second-order valence-electron chi connectivity index (χ2n) is 6.35. The molecule has 0 radical (unpaired) electrons. The van der Waals surface area contributed by atoms with Crippen LogP contribution in [0.5, 0.6) is 0 Å². The molecule has 6 nitrogen and oxygen atoms in total. The molecule has 0 bridgehead atoms. The van der Waals surface area contributed by atoms with Crippen molar-refractivity contribution in [2.45, 2.75) is 32.7 Å². The normalized spacial score (nSPS) is 28.0. The fourth-order valence-corrected chi connectivity index (χ4v) is 4.80. The minimum Gasteiger partial charge on any atom is -0.317 e. The first-order valence-electron chi connectivity index (χ1n) is 8.11. The van der Waals surface area contributed by atoms with Gasteiger partial charge in [0.15, 0.2) is 0 Å². The van der Waals surface area contributed by atoms with Gasteiger partial charge in [-0.25, -0.2) is 0 Å². The molecule has 1 atom stereocenters. The van der Waals surface area contributed by atoms with Crippen LogP contribution >= 0.6 is 0 Å². The molecule has 1 N–H and O–H groups in total. The number of nitrogens with zero attached hydrogens (tertiary/aromatic N) is 3. The fraction of sp³-hybridized carbons (Fsp3) is 1.00. The first-order valence-corrected chi connectivity index (χ1v) is 9.51. The molecule has 0 amide bonds. The van der Waals surface area contributed by atoms with Gasteiger partial charge in [-0.2, -0.15) is 17.0 Å². The molecule has 7 heteroatoms. The van der Waals surface area contributed by atoms with Crippen molar-refractivity contribution in [2.75, 3.05) is 52.9 Å². The summed E-state index contributed by atoms with van der Waals surface area (Å²) in [4.78, 5) is 2.22. The van der Waals surface area contributed by atoms with Gasteiger partial charge in [-0.1, -0.05) is 6.92 Å². The first-order chi connectivity index (χ1) is 9.95. The van der Waals surface area contributed by atoms with Crippen LogP contribution in [0.4, 0.5) is 0 Å². The van der Waals surface area contributed by atoms with E-state index in [4.69, 9.17) is 0 Å². The highest BCUT2D eigenvalue weighted by atomic mass is 32.2. The van der Waals surface area contributed by atoms with Crippen LogP contribution in [0.15, 0.2) is 0 Å². The topological polar surface area (TPSA) is 55.9 Å². The zero-order valence-electron chi connectivity index (χ0n) is 13.6. The van der Waals surface area contributed by atoms with Crippen molar-refractivity contribution in [3.8, 4) is 0 Å². The molecule has 2 aliphatic rings. The van der Waals surface area contributed by atoms with Crippen molar-refractivity contribution in [3.63, 3.8) is 0 Å². The van der Waals surface area contributed by atoms with E-state index < -0.39 is 10.2 Å². The van der Waals surface area contributed by atoms with Crippen molar-refractivity contribution in [1.82, 2.24) is 18.8 Å². The summed E-state index contributed by atoms with van der Waals surface area (Å²) in [5.41, 5.74) is 0. The highest BCUT2D eigenvalue weighted by Crippen LogP contribution is 2.22. The Morgan fingerprint density at radius 1 is 1.10 bits per heavy atom. The van der Waals surface area contributed by atoms with E-state index in [2.05, 4.69) is 31.1 Å². The summed E-state index contributed by atoms with van der Waals surface area (Å²) in [6.45, 7) is 9.55. The van der Waals surface area contributed by atoms with E-state index in [0.29, 0.717) is 38.1 Å². The van der Waals surface area contributed by atoms with Gasteiger partial charge in [0.2, 0.25) is 0 Å². The first kappa shape index (κ1) is 17.1. The largest absolute Gasteiger partial charge is 0.317 e. The van der Waals surface area contributed by atoms with Gasteiger partial charge in [0.1, 0.15) is 0 Å². The monoisotopic (exact) mass is 318 g/mol. The van der Waals surface area contributed by atoms with Crippen LogP contribution in [0, 0.1) is 5.92 Å². The summed E-state index contributed by atoms with van der Waals surface area (Å²) in [5, 5.41) is 3.36. The zero-order chi connectivity index (χ0) is 15.5. The average Bonchev–Trinajstić information content (AvgIpc) is 2.48. The van der Waals surface area contributed by atoms with E-state index in [9.17, 15) is 8.42 Å². The average molecular weight is 318 g/mol. The third-order valence-corrected chi connectivity index (χ3v) is 6.83. The number of nitrogens with one attached hydrogen (secondary N) is 1. The third kappa shape index (κ3) is 4.16. The summed E-state index contributed by atoms with van der Waals surface area (Å²) in [5.74, 6) is 0.614. The van der Waals surface area contributed by atoms with Crippen LogP contribution < -0.4 is 5.32 Å². The van der Waals surface area contributed by atoms with Gasteiger partial charge >= 0.3 is 0 Å². The Bertz CT molecular complexity index is 421. The van der Waals surface area contributed by atoms with Gasteiger partial charge in [-0.05, 0) is 45.8 Å². The van der Waals surface area contributed by atoms with Crippen LogP contribution in [0.25, 0.3) is 0 Å². The number of likely N-dealkylation sites (N-methyl/N-ethyl adjacent to an activating group) is 1. The number of piperazine rings is 1. The van der Waals surface area contributed by atoms with Crippen LogP contribution in [0.3, 0.4) is 0 Å². The second-order valence-corrected chi connectivity index (χ2v) is 8.27. The lowest BCUT2D eigenvalue weighted by molar-refractivity contribution is 0.149. The maximum atomic E-state index is 12.7. The van der Waals surface area contributed by atoms with Crippen molar-refractivity contribution >= 4 is 10.2 Å². The highest BCUT2D eigenvalue weighted by molar-refractivity contribution is 7.86. The van der Waals surface area contributed by atoms with Crippen LogP contribution in [-0.2, 0) is 10.2 Å². The Morgan fingerprint density at radius 2 is 1.76 bits per heavy atom. The molecule has 1 unspecified atom stereocenters. The van der Waals surface area contributed by atoms with Gasteiger partial charge in [-0.3, -0.25) is 0 Å². The van der Waals surface area contributed by atoms with Crippen LogP contribution in [0.2, 0.25) is 0 Å². The Labute approximate surface area is 129 Å². The number of piperidine rings is 1. The lowest BCUT2D eigenvalue weighted by Gasteiger charge is -2.40. The zero-order valence-corrected chi connectivity index (χ0v) is 14.4. The molecule has 2 rings (SSSR count). The summed E-state index contributed by atoms with van der Waals surface area (Å²) >= 11 is 0. The Kier molecular flexibility index (Phi) is 6.02. The number of rotatable bonds is 5. The molecular formula is C14H30N4O2S. The minimum absolute atomic E-state index is 0.291. The summed E-state index contributed by atoms with van der Waals surface area (Å²) < 4.78 is 28.8. The molecule has 2 saturated heterocycles. The van der Waals surface area contributed by atoms with Gasteiger partial charge in [0.05, 0.1) is 0 Å². The smallest absolute Gasteiger partial charge is 0.282 e. The minimum atomic E-state index is -3.27. The van der Waals surface area contributed by atoms with E-state index in [0.717, 1.165) is 32.5 Å². The molecule has 2 heterocycles. The number of hydrogen-bond donors (Lipinski definition) is 1. The van der Waals surface area contributed by atoms with Gasteiger partial charge < -0.3 is 10.2 Å². The van der Waals surface area contributed by atoms with Crippen molar-refractivity contribution in [1.29, 1.82) is 0 Å². The molecule has 124 valence electrons. The number of hydrogen-bond acceptors (Lipinski definition) is 4. The van der Waals surface area contributed by atoms with Crippen molar-refractivity contribution in [2.24, 2.45) is 5.92 Å². The molecule has 0 aliphatic carbocycles. The van der Waals surface area contributed by atoms with E-state index in [1.165, 1.54) is 0 Å². The predicted octanol–water partition coefficient (Wildman–Crippen LogP) is 0.189. The van der Waals surface area contributed by atoms with Gasteiger partial charge in [0, 0.05) is 38.8 Å². The SMILES string of the molecule is CCNCC1CCN(S(=O)(=O)N2CCN(C)C(C)C2)CC1. The summed E-state index contributed by atoms with van der Waals surface area (Å²) in [6.07, 6.45) is 1.94. The molecule has 0 aromatic rings. The maximum absolute atomic E-state index is 12.7. The van der Waals surface area contributed by atoms with Crippen molar-refractivity contribution in [3.05, 3.63) is 0 Å². The predicted molar refractivity (Wildman–Crippen MR) is 85.4 cm³/mol. The molecule has 0 spiro atoms. The molecule has 0 saturated carbocycles. The Balaban J connectivity index is 1.89. The van der Waals surface area contributed by atoms with Gasteiger partial charge in [0.25, 0.3) is 10.2 Å². The molecule has 0 aromatic carbocycles. The summed E-state index contributed by atoms with van der Waals surface area (Å²) in [6, 6.07) is 0.291. The van der Waals surface area contributed by atoms with Crippen molar-refractivity contribution < 1.29 is 8.42 Å². The standard InChI is InChI=1S/C14H30N4O2S/c1-4-15-11-14-5-7-17(8-6-14)21(19,20)18-10-9-16(3)13(2)12-18/h13-15H,4-12H2,1-3H3. The molecule has 2 aliphatic heterocycles. The Morgan fingerprint density at radius 3 is 2.33 bits per heavy atom. The van der Waals surface area contributed by atoms with E-state index >= 15 is 0 Å². The Hall–Kier alpha value is -0.210. The lowest BCUT2D eigenvalue weighted by Crippen LogP contribution is -2.56.